The molecular formula is C13H11N5O2S. The first kappa shape index (κ1) is 14.6. The van der Waals surface area contributed by atoms with Gasteiger partial charge in [-0.3, -0.25) is 5.32 Å². The number of amidine groups is 1. The van der Waals surface area contributed by atoms with Gasteiger partial charge in [0.2, 0.25) is 0 Å². The van der Waals surface area contributed by atoms with E-state index in [2.05, 4.69) is 15.4 Å². The van der Waals surface area contributed by atoms with Crippen LogP contribution in [0.1, 0.15) is 10.5 Å². The number of carbonyl (C=O) groups is 1. The Morgan fingerprint density at radius 2 is 2.24 bits per heavy atom. The Balaban J connectivity index is 2.45. The summed E-state index contributed by atoms with van der Waals surface area (Å²) in [5, 5.41) is 24.5. The number of aromatic carboxylic acids is 1. The number of aliphatic imine (C=N–C) groups is 1. The molecule has 0 aliphatic rings. The second kappa shape index (κ2) is 6.58. The van der Waals surface area contributed by atoms with E-state index in [0.29, 0.717) is 16.5 Å². The van der Waals surface area contributed by atoms with Gasteiger partial charge in [-0.25, -0.2) is 14.5 Å². The Morgan fingerprint density at radius 1 is 1.48 bits per heavy atom. The third kappa shape index (κ3) is 3.40. The van der Waals surface area contributed by atoms with Crippen LogP contribution in [0.3, 0.4) is 0 Å². The quantitative estimate of drug-likeness (QED) is 0.389. The Hall–Kier alpha value is -2.79. The predicted octanol–water partition coefficient (Wildman–Crippen LogP) is 1.99. The molecule has 0 unspecified atom stereocenters. The van der Waals surface area contributed by atoms with Crippen LogP contribution in [-0.4, -0.2) is 32.3 Å². The second-order valence-corrected chi connectivity index (χ2v) is 4.59. The van der Waals surface area contributed by atoms with E-state index in [1.807, 2.05) is 6.19 Å². The van der Waals surface area contributed by atoms with Gasteiger partial charge in [-0.05, 0) is 24.5 Å². The molecule has 0 spiro atoms. The fourth-order valence-electron chi connectivity index (χ4n) is 1.61. The minimum atomic E-state index is -1.09. The maximum absolute atomic E-state index is 10.9. The maximum Gasteiger partial charge on any atom is 0.356 e. The molecule has 2 N–H and O–H groups in total. The van der Waals surface area contributed by atoms with Crippen molar-refractivity contribution in [3.8, 4) is 11.9 Å². The molecule has 2 aromatic rings. The van der Waals surface area contributed by atoms with Gasteiger partial charge in [0.25, 0.3) is 0 Å². The van der Waals surface area contributed by atoms with Crippen molar-refractivity contribution < 1.29 is 9.90 Å². The Bertz CT molecular complexity index is 732. The maximum atomic E-state index is 10.9. The molecule has 1 aromatic carbocycles. The van der Waals surface area contributed by atoms with Crippen molar-refractivity contribution in [2.45, 2.75) is 0 Å². The van der Waals surface area contributed by atoms with Crippen molar-refractivity contribution in [3.05, 3.63) is 42.2 Å². The molecule has 21 heavy (non-hydrogen) atoms. The molecule has 0 atom stereocenters. The largest absolute Gasteiger partial charge is 0.476 e. The Kier molecular flexibility index (Phi) is 4.58. The summed E-state index contributed by atoms with van der Waals surface area (Å²) in [5.41, 5.74) is 1.15. The monoisotopic (exact) mass is 301 g/mol. The molecule has 106 valence electrons. The number of carboxylic acid groups (broad SMARTS) is 1. The van der Waals surface area contributed by atoms with E-state index in [9.17, 15) is 4.79 Å². The molecule has 0 saturated heterocycles. The van der Waals surface area contributed by atoms with E-state index in [1.54, 1.807) is 36.7 Å². The SMILES string of the molecule is CSC(=Nc1ccccc1-n1ccc(C(=O)O)n1)NC#N. The van der Waals surface area contributed by atoms with Crippen molar-refractivity contribution >= 4 is 28.6 Å². The molecule has 2 rings (SSSR count). The first-order valence-electron chi connectivity index (χ1n) is 5.82. The zero-order valence-electron chi connectivity index (χ0n) is 11.0. The minimum absolute atomic E-state index is 0.0472. The molecule has 0 radical (unpaired) electrons. The lowest BCUT2D eigenvalue weighted by molar-refractivity contribution is 0.0690. The van der Waals surface area contributed by atoms with Gasteiger partial charge in [-0.2, -0.15) is 10.4 Å². The van der Waals surface area contributed by atoms with Crippen molar-refractivity contribution in [1.82, 2.24) is 15.1 Å². The summed E-state index contributed by atoms with van der Waals surface area (Å²) in [7, 11) is 0. The number of benzene rings is 1. The fraction of sp³-hybridized carbons (Fsp3) is 0.0769. The van der Waals surface area contributed by atoms with Crippen LogP contribution in [0, 0.1) is 11.5 Å². The summed E-state index contributed by atoms with van der Waals surface area (Å²) in [6, 6.07) is 8.53. The lowest BCUT2D eigenvalue weighted by atomic mass is 10.3. The van der Waals surface area contributed by atoms with E-state index in [1.165, 1.54) is 22.5 Å². The zero-order valence-corrected chi connectivity index (χ0v) is 11.8. The highest BCUT2D eigenvalue weighted by molar-refractivity contribution is 8.13. The van der Waals surface area contributed by atoms with Crippen molar-refractivity contribution in [1.29, 1.82) is 5.26 Å². The lowest BCUT2D eigenvalue weighted by Gasteiger charge is -2.06. The van der Waals surface area contributed by atoms with Crippen LogP contribution in [0.15, 0.2) is 41.5 Å². The Labute approximate surface area is 124 Å². The molecule has 7 nitrogen and oxygen atoms in total. The van der Waals surface area contributed by atoms with E-state index in [4.69, 9.17) is 10.4 Å². The molecule has 0 saturated carbocycles. The van der Waals surface area contributed by atoms with Crippen LogP contribution in [0.25, 0.3) is 5.69 Å². The summed E-state index contributed by atoms with van der Waals surface area (Å²) in [6.07, 6.45) is 5.16. The molecule has 0 amide bonds. The van der Waals surface area contributed by atoms with Gasteiger partial charge in [0.15, 0.2) is 17.1 Å². The number of thioether (sulfide) groups is 1. The van der Waals surface area contributed by atoms with E-state index < -0.39 is 5.97 Å². The van der Waals surface area contributed by atoms with Gasteiger partial charge < -0.3 is 5.11 Å². The number of rotatable bonds is 3. The first-order chi connectivity index (χ1) is 10.2. The number of aromatic nitrogens is 2. The third-order valence-corrected chi connectivity index (χ3v) is 3.09. The van der Waals surface area contributed by atoms with Gasteiger partial charge in [0.05, 0.1) is 11.4 Å². The van der Waals surface area contributed by atoms with Gasteiger partial charge >= 0.3 is 5.97 Å². The van der Waals surface area contributed by atoms with Gasteiger partial charge in [0, 0.05) is 6.20 Å². The van der Waals surface area contributed by atoms with Crippen LogP contribution in [0.5, 0.6) is 0 Å². The van der Waals surface area contributed by atoms with Gasteiger partial charge in [0.1, 0.15) is 0 Å². The highest BCUT2D eigenvalue weighted by Crippen LogP contribution is 2.23. The number of nitrogens with one attached hydrogen (secondary N) is 1. The Morgan fingerprint density at radius 3 is 2.86 bits per heavy atom. The van der Waals surface area contributed by atoms with E-state index in [0.717, 1.165) is 0 Å². The first-order valence-corrected chi connectivity index (χ1v) is 7.04. The molecular weight excluding hydrogens is 290 g/mol. The lowest BCUT2D eigenvalue weighted by Crippen LogP contribution is -2.12. The summed E-state index contributed by atoms with van der Waals surface area (Å²) in [4.78, 5) is 15.2. The van der Waals surface area contributed by atoms with Crippen LogP contribution >= 0.6 is 11.8 Å². The molecule has 8 heteroatoms. The van der Waals surface area contributed by atoms with Crippen molar-refractivity contribution in [2.24, 2.45) is 4.99 Å². The minimum Gasteiger partial charge on any atom is -0.476 e. The standard InChI is InChI=1S/C13H11N5O2S/c1-21-13(15-8-14)16-9-4-2-3-5-11(9)18-7-6-10(17-18)12(19)20/h2-7H,1H3,(H,15,16)(H,19,20). The number of hydrogen-bond donors (Lipinski definition) is 2. The van der Waals surface area contributed by atoms with Crippen LogP contribution in [0.2, 0.25) is 0 Å². The highest BCUT2D eigenvalue weighted by Gasteiger charge is 2.10. The topological polar surface area (TPSA) is 103 Å². The van der Waals surface area contributed by atoms with E-state index in [-0.39, 0.29) is 5.69 Å². The summed E-state index contributed by atoms with van der Waals surface area (Å²) >= 11 is 1.30. The van der Waals surface area contributed by atoms with E-state index >= 15 is 0 Å². The van der Waals surface area contributed by atoms with Crippen molar-refractivity contribution in [3.63, 3.8) is 0 Å². The molecule has 1 heterocycles. The molecule has 0 aliphatic carbocycles. The number of nitrogens with zero attached hydrogens (tertiary/aromatic N) is 4. The predicted molar refractivity (Wildman–Crippen MR) is 79.9 cm³/mol. The van der Waals surface area contributed by atoms with Gasteiger partial charge in [-0.1, -0.05) is 23.9 Å². The average Bonchev–Trinajstić information content (AvgIpc) is 2.97. The number of carboxylic acids is 1. The molecule has 1 aromatic heterocycles. The summed E-state index contributed by atoms with van der Waals surface area (Å²) < 4.78 is 1.44. The smallest absolute Gasteiger partial charge is 0.356 e. The summed E-state index contributed by atoms with van der Waals surface area (Å²) in [6.45, 7) is 0. The molecule has 0 bridgehead atoms. The summed E-state index contributed by atoms with van der Waals surface area (Å²) in [5.74, 6) is -1.09. The second-order valence-electron chi connectivity index (χ2n) is 3.80. The van der Waals surface area contributed by atoms with Crippen LogP contribution in [0.4, 0.5) is 5.69 Å². The fourth-order valence-corrected chi connectivity index (χ4v) is 1.94. The van der Waals surface area contributed by atoms with Gasteiger partial charge in [-0.15, -0.1) is 0 Å². The number of para-hydroxylation sites is 2. The number of nitriles is 1. The normalized spacial score (nSPS) is 11.0. The molecule has 0 fully saturated rings. The third-order valence-electron chi connectivity index (χ3n) is 2.51. The van der Waals surface area contributed by atoms with Crippen LogP contribution < -0.4 is 5.32 Å². The molecule has 0 aliphatic heterocycles. The average molecular weight is 301 g/mol. The number of hydrogen-bond acceptors (Lipinski definition) is 5. The highest BCUT2D eigenvalue weighted by atomic mass is 32.2. The van der Waals surface area contributed by atoms with Crippen LogP contribution in [-0.2, 0) is 0 Å². The van der Waals surface area contributed by atoms with Crippen molar-refractivity contribution in [2.75, 3.05) is 6.26 Å². The zero-order chi connectivity index (χ0) is 15.2.